The zero-order chi connectivity index (χ0) is 24.1. The number of amides is 1. The largest absolute Gasteiger partial charge is 0.478 e. The van der Waals surface area contributed by atoms with Crippen LogP contribution in [0, 0.1) is 0 Å². The molecule has 1 heterocycles. The van der Waals surface area contributed by atoms with Crippen molar-refractivity contribution in [3.05, 3.63) is 71.3 Å². The Hall–Kier alpha value is -2.70. The highest BCUT2D eigenvalue weighted by atomic mass is 16.7. The Labute approximate surface area is 196 Å². The molecule has 33 heavy (non-hydrogen) atoms. The van der Waals surface area contributed by atoms with Crippen molar-refractivity contribution in [2.45, 2.75) is 76.9 Å². The molecule has 2 aromatic carbocycles. The number of nitrogens with zero attached hydrogens (tertiary/aromatic N) is 1. The molecule has 0 aromatic heterocycles. The Balaban J connectivity index is 1.75. The number of carbonyl (C=O) groups is 2. The molecule has 178 valence electrons. The fourth-order valence-electron chi connectivity index (χ4n) is 5.21. The lowest BCUT2D eigenvalue weighted by Crippen LogP contribution is -2.66. The quantitative estimate of drug-likeness (QED) is 0.554. The van der Waals surface area contributed by atoms with Crippen molar-refractivity contribution in [3.8, 4) is 0 Å². The molecule has 0 spiro atoms. The molecule has 1 fully saturated rings. The van der Waals surface area contributed by atoms with Gasteiger partial charge in [-0.15, -0.1) is 0 Å². The molecule has 1 saturated heterocycles. The van der Waals surface area contributed by atoms with E-state index in [1.54, 1.807) is 18.2 Å². The van der Waals surface area contributed by atoms with Gasteiger partial charge in [-0.25, -0.2) is 4.79 Å². The summed E-state index contributed by atoms with van der Waals surface area (Å²) < 4.78 is 0. The lowest BCUT2D eigenvalue weighted by molar-refractivity contribution is -0.293. The summed E-state index contributed by atoms with van der Waals surface area (Å²) in [6.45, 7) is 9.23. The van der Waals surface area contributed by atoms with Crippen molar-refractivity contribution in [3.63, 3.8) is 0 Å². The molecule has 1 unspecified atom stereocenters. The van der Waals surface area contributed by atoms with Crippen LogP contribution in [0.3, 0.4) is 0 Å². The predicted octanol–water partition coefficient (Wildman–Crippen LogP) is 5.09. The molecule has 0 bridgehead atoms. The fraction of sp³-hybridized carbons (Fsp3) is 0.481. The highest BCUT2D eigenvalue weighted by molar-refractivity contribution is 6.04. The number of benzene rings is 2. The number of hydroxylamine groups is 2. The van der Waals surface area contributed by atoms with Crippen LogP contribution < -0.4 is 5.32 Å². The van der Waals surface area contributed by atoms with Crippen LogP contribution in [0.15, 0.2) is 54.6 Å². The lowest BCUT2D eigenvalue weighted by atomic mass is 9.74. The van der Waals surface area contributed by atoms with E-state index in [9.17, 15) is 14.7 Å². The third kappa shape index (κ3) is 5.63. The summed E-state index contributed by atoms with van der Waals surface area (Å²) in [5.41, 5.74) is 0.942. The molecule has 2 aromatic rings. The summed E-state index contributed by atoms with van der Waals surface area (Å²) in [4.78, 5) is 31.0. The van der Waals surface area contributed by atoms with E-state index < -0.39 is 5.97 Å². The van der Waals surface area contributed by atoms with Gasteiger partial charge in [0.2, 0.25) is 0 Å². The number of carboxylic acid groups (broad SMARTS) is 1. The second-order valence-corrected chi connectivity index (χ2v) is 9.54. The maximum atomic E-state index is 13.0. The topological polar surface area (TPSA) is 78.9 Å². The molecule has 0 radical (unpaired) electrons. The summed E-state index contributed by atoms with van der Waals surface area (Å²) >= 11 is 0. The van der Waals surface area contributed by atoms with Crippen LogP contribution in [0.4, 0.5) is 0 Å². The van der Waals surface area contributed by atoms with E-state index in [1.807, 2.05) is 18.2 Å². The summed E-state index contributed by atoms with van der Waals surface area (Å²) in [7, 11) is 0. The molecule has 0 aliphatic carbocycles. The third-order valence-electron chi connectivity index (χ3n) is 6.86. The highest BCUT2D eigenvalue weighted by Crippen LogP contribution is 2.43. The van der Waals surface area contributed by atoms with E-state index in [4.69, 9.17) is 4.84 Å². The van der Waals surface area contributed by atoms with E-state index in [1.165, 1.54) is 11.6 Å². The van der Waals surface area contributed by atoms with Gasteiger partial charge in [0.25, 0.3) is 5.91 Å². The van der Waals surface area contributed by atoms with Crippen LogP contribution in [0.25, 0.3) is 0 Å². The predicted molar refractivity (Wildman–Crippen MR) is 129 cm³/mol. The minimum atomic E-state index is -1.10. The Morgan fingerprint density at radius 3 is 2.21 bits per heavy atom. The Morgan fingerprint density at radius 1 is 1.00 bits per heavy atom. The molecule has 2 N–H and O–H groups in total. The summed E-state index contributed by atoms with van der Waals surface area (Å²) in [5.74, 6) is -1.44. The maximum absolute atomic E-state index is 13.0. The Kier molecular flexibility index (Phi) is 7.92. The van der Waals surface area contributed by atoms with E-state index in [-0.39, 0.29) is 34.2 Å². The average molecular weight is 453 g/mol. The number of piperidine rings is 1. The van der Waals surface area contributed by atoms with E-state index >= 15 is 0 Å². The number of nitrogens with one attached hydrogen (secondary N) is 1. The van der Waals surface area contributed by atoms with Crippen molar-refractivity contribution in [1.29, 1.82) is 0 Å². The van der Waals surface area contributed by atoms with Crippen molar-refractivity contribution in [1.82, 2.24) is 10.4 Å². The van der Waals surface area contributed by atoms with Gasteiger partial charge in [-0.2, -0.15) is 5.06 Å². The number of carbonyl (C=O) groups excluding carboxylic acids is 1. The van der Waals surface area contributed by atoms with E-state index in [2.05, 4.69) is 50.2 Å². The number of aromatic carboxylic acids is 1. The average Bonchev–Trinajstić information content (AvgIpc) is 2.80. The number of carboxylic acids is 1. The van der Waals surface area contributed by atoms with Gasteiger partial charge in [0.15, 0.2) is 0 Å². The molecule has 0 saturated carbocycles. The SMILES string of the molecule is CCC1(CC)CC(NC(=O)c2ccccc2C(=O)O)CC(C)(C)N1OCCc1ccccc1. The number of rotatable bonds is 9. The number of hydrogen-bond acceptors (Lipinski definition) is 4. The Morgan fingerprint density at radius 2 is 1.61 bits per heavy atom. The van der Waals surface area contributed by atoms with Gasteiger partial charge in [-0.1, -0.05) is 56.3 Å². The maximum Gasteiger partial charge on any atom is 0.336 e. The third-order valence-corrected chi connectivity index (χ3v) is 6.86. The molecule has 1 amide bonds. The monoisotopic (exact) mass is 452 g/mol. The van der Waals surface area contributed by atoms with Crippen LogP contribution in [-0.2, 0) is 11.3 Å². The fourth-order valence-corrected chi connectivity index (χ4v) is 5.21. The van der Waals surface area contributed by atoms with Crippen LogP contribution in [0.1, 0.15) is 79.7 Å². The summed E-state index contributed by atoms with van der Waals surface area (Å²) in [5, 5.41) is 14.8. The van der Waals surface area contributed by atoms with Crippen molar-refractivity contribution in [2.24, 2.45) is 0 Å². The minimum Gasteiger partial charge on any atom is -0.478 e. The summed E-state index contributed by atoms with van der Waals surface area (Å²) in [6, 6.07) is 16.6. The van der Waals surface area contributed by atoms with Crippen molar-refractivity contribution < 1.29 is 19.5 Å². The first-order valence-electron chi connectivity index (χ1n) is 11.8. The smallest absolute Gasteiger partial charge is 0.336 e. The first-order chi connectivity index (χ1) is 15.7. The Bertz CT molecular complexity index is 954. The molecule has 1 aliphatic rings. The van der Waals surface area contributed by atoms with Crippen molar-refractivity contribution in [2.75, 3.05) is 6.61 Å². The molecule has 3 rings (SSSR count). The minimum absolute atomic E-state index is 0.0215. The van der Waals surface area contributed by atoms with Crippen molar-refractivity contribution >= 4 is 11.9 Å². The second-order valence-electron chi connectivity index (χ2n) is 9.54. The van der Waals surface area contributed by atoms with Gasteiger partial charge < -0.3 is 10.4 Å². The molecule has 1 aliphatic heterocycles. The van der Waals surface area contributed by atoms with Gasteiger partial charge in [-0.3, -0.25) is 9.63 Å². The van der Waals surface area contributed by atoms with E-state index in [0.717, 1.165) is 25.7 Å². The molecule has 6 nitrogen and oxygen atoms in total. The van der Waals surface area contributed by atoms with Crippen LogP contribution >= 0.6 is 0 Å². The molecule has 6 heteroatoms. The van der Waals surface area contributed by atoms with Crippen LogP contribution in [0.5, 0.6) is 0 Å². The van der Waals surface area contributed by atoms with E-state index in [0.29, 0.717) is 13.0 Å². The zero-order valence-electron chi connectivity index (χ0n) is 20.1. The molecular weight excluding hydrogens is 416 g/mol. The standard InChI is InChI=1S/C27H36N2O4/c1-5-27(6-2)19-21(28-24(30)22-14-10-11-15-23(22)25(31)32)18-26(3,4)29(27)33-17-16-20-12-8-7-9-13-20/h7-15,21H,5-6,16-19H2,1-4H3,(H,28,30)(H,31,32). The second kappa shape index (κ2) is 10.5. The van der Waals surface area contributed by atoms with Gasteiger partial charge >= 0.3 is 5.97 Å². The first-order valence-corrected chi connectivity index (χ1v) is 11.8. The van der Waals surface area contributed by atoms with Gasteiger partial charge in [0.05, 0.1) is 17.7 Å². The molecular formula is C27H36N2O4. The number of hydrogen-bond donors (Lipinski definition) is 2. The zero-order valence-corrected chi connectivity index (χ0v) is 20.1. The highest BCUT2D eigenvalue weighted by Gasteiger charge is 2.50. The molecule has 1 atom stereocenters. The first kappa shape index (κ1) is 24.9. The van der Waals surface area contributed by atoms with Gasteiger partial charge in [0, 0.05) is 17.1 Å². The van der Waals surface area contributed by atoms with Gasteiger partial charge in [0.1, 0.15) is 0 Å². The van der Waals surface area contributed by atoms with Crippen LogP contribution in [-0.4, -0.2) is 45.8 Å². The summed E-state index contributed by atoms with van der Waals surface area (Å²) in [6.07, 6.45) is 4.06. The van der Waals surface area contributed by atoms with Crippen LogP contribution in [0.2, 0.25) is 0 Å². The van der Waals surface area contributed by atoms with Gasteiger partial charge in [-0.05, 0) is 63.6 Å². The lowest BCUT2D eigenvalue weighted by Gasteiger charge is -2.56. The normalized spacial score (nSPS) is 19.7.